The number of sulfonamides is 1. The number of nitrogens with zero attached hydrogens (tertiary/aromatic N) is 2. The van der Waals surface area contributed by atoms with Gasteiger partial charge in [-0.15, -0.1) is 0 Å². The summed E-state index contributed by atoms with van der Waals surface area (Å²) >= 11 is 3.24. The lowest BCUT2D eigenvalue weighted by molar-refractivity contribution is -0.124. The second kappa shape index (κ2) is 7.06. The quantitative estimate of drug-likeness (QED) is 0.850. The number of piperidine rings is 1. The van der Waals surface area contributed by atoms with E-state index in [-0.39, 0.29) is 29.4 Å². The van der Waals surface area contributed by atoms with Gasteiger partial charge in [0, 0.05) is 31.2 Å². The lowest BCUT2D eigenvalue weighted by Crippen LogP contribution is -2.50. The van der Waals surface area contributed by atoms with E-state index in [1.54, 1.807) is 12.1 Å². The van der Waals surface area contributed by atoms with Gasteiger partial charge in [-0.2, -0.15) is 4.31 Å². The minimum Gasteiger partial charge on any atom is -0.352 e. The van der Waals surface area contributed by atoms with E-state index in [0.29, 0.717) is 17.4 Å². The van der Waals surface area contributed by atoms with E-state index in [2.05, 4.69) is 26.2 Å². The van der Waals surface area contributed by atoms with E-state index in [4.69, 9.17) is 0 Å². The molecule has 0 bridgehead atoms. The fraction of sp³-hybridized carbons (Fsp3) is 0.571. The van der Waals surface area contributed by atoms with Crippen molar-refractivity contribution < 1.29 is 13.2 Å². The Morgan fingerprint density at radius 3 is 2.86 bits per heavy atom. The second-order valence-electron chi connectivity index (χ2n) is 5.66. The SMILES string of the molecule is CC(C)C(=O)NC1CCCN(S(=O)(=O)c2ncccc2Br)C1. The van der Waals surface area contributed by atoms with Gasteiger partial charge < -0.3 is 5.32 Å². The van der Waals surface area contributed by atoms with Gasteiger partial charge in [-0.05, 0) is 40.9 Å². The van der Waals surface area contributed by atoms with Crippen molar-refractivity contribution in [1.82, 2.24) is 14.6 Å². The van der Waals surface area contributed by atoms with Crippen LogP contribution in [0.3, 0.4) is 0 Å². The lowest BCUT2D eigenvalue weighted by Gasteiger charge is -2.32. The number of rotatable bonds is 4. The molecule has 1 atom stereocenters. The van der Waals surface area contributed by atoms with Crippen LogP contribution in [0, 0.1) is 5.92 Å². The maximum absolute atomic E-state index is 12.7. The molecule has 0 spiro atoms. The highest BCUT2D eigenvalue weighted by molar-refractivity contribution is 9.10. The van der Waals surface area contributed by atoms with Crippen LogP contribution in [-0.4, -0.2) is 42.7 Å². The molecular formula is C14H20BrN3O3S. The highest BCUT2D eigenvalue weighted by atomic mass is 79.9. The van der Waals surface area contributed by atoms with Gasteiger partial charge in [0.15, 0.2) is 5.03 Å². The van der Waals surface area contributed by atoms with E-state index in [0.717, 1.165) is 6.42 Å². The van der Waals surface area contributed by atoms with Crippen molar-refractivity contribution in [2.75, 3.05) is 13.1 Å². The molecular weight excluding hydrogens is 370 g/mol. The summed E-state index contributed by atoms with van der Waals surface area (Å²) in [6.07, 6.45) is 2.96. The van der Waals surface area contributed by atoms with Gasteiger partial charge in [-0.3, -0.25) is 4.79 Å². The predicted octanol–water partition coefficient (Wildman–Crippen LogP) is 1.77. The minimum absolute atomic E-state index is 0.0193. The molecule has 0 radical (unpaired) electrons. The van der Waals surface area contributed by atoms with Crippen LogP contribution < -0.4 is 5.32 Å². The van der Waals surface area contributed by atoms with Crippen molar-refractivity contribution in [2.24, 2.45) is 5.92 Å². The highest BCUT2D eigenvalue weighted by Gasteiger charge is 2.33. The summed E-state index contributed by atoms with van der Waals surface area (Å²) in [4.78, 5) is 15.8. The third kappa shape index (κ3) is 3.85. The van der Waals surface area contributed by atoms with Crippen LogP contribution >= 0.6 is 15.9 Å². The van der Waals surface area contributed by atoms with E-state index < -0.39 is 10.0 Å². The number of hydrogen-bond donors (Lipinski definition) is 1. The van der Waals surface area contributed by atoms with E-state index >= 15 is 0 Å². The number of pyridine rings is 1. The largest absolute Gasteiger partial charge is 0.352 e. The van der Waals surface area contributed by atoms with Crippen molar-refractivity contribution in [3.8, 4) is 0 Å². The average molecular weight is 390 g/mol. The van der Waals surface area contributed by atoms with Gasteiger partial charge in [-0.1, -0.05) is 13.8 Å². The maximum Gasteiger partial charge on any atom is 0.261 e. The standard InChI is InChI=1S/C14H20BrN3O3S/c1-10(2)13(19)17-11-5-4-8-18(9-11)22(20,21)14-12(15)6-3-7-16-14/h3,6-7,10-11H,4-5,8-9H2,1-2H3,(H,17,19). The molecule has 1 unspecified atom stereocenters. The summed E-state index contributed by atoms with van der Waals surface area (Å²) < 4.78 is 27.2. The zero-order valence-corrected chi connectivity index (χ0v) is 15.0. The van der Waals surface area contributed by atoms with Crippen LogP contribution in [0.1, 0.15) is 26.7 Å². The van der Waals surface area contributed by atoms with Crippen molar-refractivity contribution >= 4 is 31.9 Å². The van der Waals surface area contributed by atoms with Crippen molar-refractivity contribution in [2.45, 2.75) is 37.8 Å². The van der Waals surface area contributed by atoms with E-state index in [9.17, 15) is 13.2 Å². The molecule has 8 heteroatoms. The van der Waals surface area contributed by atoms with Gasteiger partial charge in [-0.25, -0.2) is 13.4 Å². The minimum atomic E-state index is -3.66. The van der Waals surface area contributed by atoms with Crippen LogP contribution in [0.25, 0.3) is 0 Å². The first-order valence-electron chi connectivity index (χ1n) is 7.23. The fourth-order valence-corrected chi connectivity index (χ4v) is 4.70. The Kier molecular flexibility index (Phi) is 5.57. The molecule has 22 heavy (non-hydrogen) atoms. The lowest BCUT2D eigenvalue weighted by atomic mass is 10.1. The summed E-state index contributed by atoms with van der Waals surface area (Å²) in [5, 5.41) is 2.93. The van der Waals surface area contributed by atoms with Gasteiger partial charge in [0.05, 0.1) is 4.47 Å². The first-order chi connectivity index (χ1) is 10.3. The van der Waals surface area contributed by atoms with Crippen LogP contribution in [0.2, 0.25) is 0 Å². The summed E-state index contributed by atoms with van der Waals surface area (Å²) in [5.74, 6) is -0.166. The Hall–Kier alpha value is -0.990. The zero-order valence-electron chi connectivity index (χ0n) is 12.6. The monoisotopic (exact) mass is 389 g/mol. The number of nitrogens with one attached hydrogen (secondary N) is 1. The first-order valence-corrected chi connectivity index (χ1v) is 9.46. The Bertz CT molecular complexity index is 648. The molecule has 1 aliphatic heterocycles. The number of carbonyl (C=O) groups excluding carboxylic acids is 1. The smallest absolute Gasteiger partial charge is 0.261 e. The number of hydrogen-bond acceptors (Lipinski definition) is 4. The molecule has 6 nitrogen and oxygen atoms in total. The molecule has 2 rings (SSSR count). The third-order valence-corrected chi connectivity index (χ3v) is 6.29. The highest BCUT2D eigenvalue weighted by Crippen LogP contribution is 2.25. The fourth-order valence-electron chi connectivity index (χ4n) is 2.33. The van der Waals surface area contributed by atoms with Crippen LogP contribution in [0.5, 0.6) is 0 Å². The molecule has 1 fully saturated rings. The van der Waals surface area contributed by atoms with E-state index in [1.165, 1.54) is 10.5 Å². The topological polar surface area (TPSA) is 79.4 Å². The van der Waals surface area contributed by atoms with Crippen molar-refractivity contribution in [3.63, 3.8) is 0 Å². The number of halogens is 1. The Morgan fingerprint density at radius 1 is 1.50 bits per heavy atom. The molecule has 0 aliphatic carbocycles. The van der Waals surface area contributed by atoms with Gasteiger partial charge in [0.1, 0.15) is 0 Å². The third-order valence-electron chi connectivity index (χ3n) is 3.56. The normalized spacial score (nSPS) is 20.1. The molecule has 1 aromatic rings. The summed E-state index contributed by atoms with van der Waals surface area (Å²) in [5.41, 5.74) is 0. The van der Waals surface area contributed by atoms with Crippen LogP contribution in [0.15, 0.2) is 27.8 Å². The number of aromatic nitrogens is 1. The average Bonchev–Trinajstić information content (AvgIpc) is 2.47. The molecule has 1 N–H and O–H groups in total. The molecule has 1 aromatic heterocycles. The molecule has 1 amide bonds. The molecule has 122 valence electrons. The Morgan fingerprint density at radius 2 is 2.23 bits per heavy atom. The molecule has 1 aliphatic rings. The molecule has 0 aromatic carbocycles. The van der Waals surface area contributed by atoms with Gasteiger partial charge in [0.2, 0.25) is 5.91 Å². The van der Waals surface area contributed by atoms with Crippen molar-refractivity contribution in [1.29, 1.82) is 0 Å². The Labute approximate surface area is 139 Å². The predicted molar refractivity (Wildman–Crippen MR) is 86.7 cm³/mol. The summed E-state index contributed by atoms with van der Waals surface area (Å²) in [7, 11) is -3.66. The number of amides is 1. The van der Waals surface area contributed by atoms with E-state index in [1.807, 2.05) is 13.8 Å². The van der Waals surface area contributed by atoms with Crippen LogP contribution in [-0.2, 0) is 14.8 Å². The zero-order chi connectivity index (χ0) is 16.3. The summed E-state index contributed by atoms with van der Waals surface area (Å²) in [6.45, 7) is 4.36. The molecule has 2 heterocycles. The molecule has 1 saturated heterocycles. The maximum atomic E-state index is 12.7. The number of carbonyl (C=O) groups is 1. The first kappa shape index (κ1) is 17.4. The van der Waals surface area contributed by atoms with Crippen LogP contribution in [0.4, 0.5) is 0 Å². The second-order valence-corrected chi connectivity index (χ2v) is 8.36. The van der Waals surface area contributed by atoms with Gasteiger partial charge in [0.25, 0.3) is 10.0 Å². The van der Waals surface area contributed by atoms with Crippen molar-refractivity contribution in [3.05, 3.63) is 22.8 Å². The Balaban J connectivity index is 2.15. The summed E-state index contributed by atoms with van der Waals surface area (Å²) in [6, 6.07) is 3.17. The van der Waals surface area contributed by atoms with Gasteiger partial charge >= 0.3 is 0 Å². The molecule has 0 saturated carbocycles.